The maximum absolute atomic E-state index is 12.8. The summed E-state index contributed by atoms with van der Waals surface area (Å²) in [5, 5.41) is 4.14. The van der Waals surface area contributed by atoms with Crippen LogP contribution in [0.25, 0.3) is 22.5 Å². The molecule has 6 heteroatoms. The van der Waals surface area contributed by atoms with E-state index in [9.17, 15) is 8.42 Å². The van der Waals surface area contributed by atoms with Crippen LogP contribution >= 0.6 is 0 Å². The lowest BCUT2D eigenvalue weighted by Crippen LogP contribution is -2.13. The summed E-state index contributed by atoms with van der Waals surface area (Å²) in [5.41, 5.74) is 3.94. The van der Waals surface area contributed by atoms with E-state index >= 15 is 0 Å². The van der Waals surface area contributed by atoms with Gasteiger partial charge in [0.25, 0.3) is 10.0 Å². The first-order valence-corrected chi connectivity index (χ1v) is 9.88. The Hall–Kier alpha value is -3.25. The summed E-state index contributed by atoms with van der Waals surface area (Å²) in [5.74, 6) is 0.371. The molecule has 1 aromatic heterocycles. The number of nitrogens with zero attached hydrogens (tertiary/aromatic N) is 3. The van der Waals surface area contributed by atoms with Crippen molar-refractivity contribution in [2.45, 2.75) is 11.8 Å². The normalized spacial score (nSPS) is 11.4. The molecule has 5 nitrogen and oxygen atoms in total. The maximum Gasteiger partial charge on any atom is 0.284 e. The van der Waals surface area contributed by atoms with E-state index < -0.39 is 10.0 Å². The van der Waals surface area contributed by atoms with E-state index in [1.807, 2.05) is 61.5 Å². The zero-order valence-electron chi connectivity index (χ0n) is 14.6. The van der Waals surface area contributed by atoms with Gasteiger partial charge in [-0.2, -0.15) is 8.42 Å². The van der Waals surface area contributed by atoms with E-state index in [1.54, 1.807) is 24.3 Å². The molecule has 0 aliphatic heterocycles. The van der Waals surface area contributed by atoms with Gasteiger partial charge in [0.15, 0.2) is 5.82 Å². The number of aryl methyl sites for hydroxylation is 1. The fourth-order valence-corrected chi connectivity index (χ4v) is 3.81. The average molecular weight is 375 g/mol. The van der Waals surface area contributed by atoms with E-state index in [4.69, 9.17) is 0 Å². The molecule has 0 aliphatic carbocycles. The molecule has 0 unspecified atom stereocenters. The average Bonchev–Trinajstić information content (AvgIpc) is 3.21. The van der Waals surface area contributed by atoms with Crippen molar-refractivity contribution in [2.75, 3.05) is 0 Å². The molecule has 0 saturated heterocycles. The highest BCUT2D eigenvalue weighted by molar-refractivity contribution is 7.89. The van der Waals surface area contributed by atoms with Crippen molar-refractivity contribution >= 4 is 10.0 Å². The maximum atomic E-state index is 12.8. The van der Waals surface area contributed by atoms with Crippen LogP contribution in [-0.2, 0) is 10.0 Å². The smallest absolute Gasteiger partial charge is 0.214 e. The molecule has 0 amide bonds. The summed E-state index contributed by atoms with van der Waals surface area (Å²) >= 11 is 0. The molecule has 3 aromatic carbocycles. The second-order valence-electron chi connectivity index (χ2n) is 6.20. The van der Waals surface area contributed by atoms with E-state index in [0.29, 0.717) is 5.82 Å². The second kappa shape index (κ2) is 6.81. The predicted octanol–water partition coefficient (Wildman–Crippen LogP) is 4.16. The molecule has 0 atom stereocenters. The van der Waals surface area contributed by atoms with E-state index in [2.05, 4.69) is 10.1 Å². The Morgan fingerprint density at radius 1 is 0.741 bits per heavy atom. The van der Waals surface area contributed by atoms with Crippen LogP contribution in [-0.4, -0.2) is 22.6 Å². The Balaban J connectivity index is 1.64. The zero-order valence-corrected chi connectivity index (χ0v) is 15.5. The van der Waals surface area contributed by atoms with Crippen molar-refractivity contribution in [1.29, 1.82) is 0 Å². The minimum absolute atomic E-state index is 0.169. The van der Waals surface area contributed by atoms with Gasteiger partial charge in [-0.15, -0.1) is 9.19 Å². The van der Waals surface area contributed by atoms with Gasteiger partial charge in [0.05, 0.1) is 4.90 Å². The molecular formula is C21H17N3O2S. The SMILES string of the molecule is Cc1ccc(-c2ccc(S(=O)(=O)n3cnc(-c4ccccc4)n3)cc2)cc1. The van der Waals surface area contributed by atoms with Gasteiger partial charge in [0, 0.05) is 5.56 Å². The third kappa shape index (κ3) is 3.39. The fraction of sp³-hybridized carbons (Fsp3) is 0.0476. The van der Waals surface area contributed by atoms with E-state index in [-0.39, 0.29) is 4.90 Å². The largest absolute Gasteiger partial charge is 0.284 e. The van der Waals surface area contributed by atoms with Crippen molar-refractivity contribution < 1.29 is 8.42 Å². The lowest BCUT2D eigenvalue weighted by Gasteiger charge is -2.06. The summed E-state index contributed by atoms with van der Waals surface area (Å²) < 4.78 is 26.6. The molecule has 0 aliphatic rings. The van der Waals surface area contributed by atoms with Gasteiger partial charge in [-0.25, -0.2) is 4.98 Å². The Bertz CT molecular complexity index is 1160. The standard InChI is InChI=1S/C21H17N3O2S/c1-16-7-9-17(10-8-16)18-11-13-20(14-12-18)27(25,26)24-15-22-21(23-24)19-5-3-2-4-6-19/h2-15H,1H3. The van der Waals surface area contributed by atoms with Gasteiger partial charge in [-0.05, 0) is 30.2 Å². The van der Waals surface area contributed by atoms with Crippen LogP contribution in [0.1, 0.15) is 5.56 Å². The summed E-state index contributed by atoms with van der Waals surface area (Å²) in [6.45, 7) is 2.03. The molecule has 27 heavy (non-hydrogen) atoms. The van der Waals surface area contributed by atoms with Crippen LogP contribution in [0.5, 0.6) is 0 Å². The van der Waals surface area contributed by atoms with Crippen LogP contribution < -0.4 is 0 Å². The van der Waals surface area contributed by atoms with Gasteiger partial charge < -0.3 is 0 Å². The zero-order chi connectivity index (χ0) is 18.9. The second-order valence-corrected chi connectivity index (χ2v) is 8.00. The Morgan fingerprint density at radius 2 is 1.33 bits per heavy atom. The molecule has 1 heterocycles. The van der Waals surface area contributed by atoms with Crippen LogP contribution in [0, 0.1) is 6.92 Å². The summed E-state index contributed by atoms with van der Waals surface area (Å²) in [4.78, 5) is 4.29. The fourth-order valence-electron chi connectivity index (χ4n) is 2.76. The molecule has 134 valence electrons. The Morgan fingerprint density at radius 3 is 1.96 bits per heavy atom. The molecule has 4 aromatic rings. The van der Waals surface area contributed by atoms with Crippen molar-refractivity contribution in [2.24, 2.45) is 0 Å². The number of benzene rings is 3. The molecule has 0 saturated carbocycles. The number of hydrogen-bond acceptors (Lipinski definition) is 4. The van der Waals surface area contributed by atoms with Crippen molar-refractivity contribution in [3.05, 3.63) is 90.8 Å². The van der Waals surface area contributed by atoms with E-state index in [1.165, 1.54) is 11.9 Å². The first-order valence-electron chi connectivity index (χ1n) is 8.44. The highest BCUT2D eigenvalue weighted by Crippen LogP contribution is 2.23. The lowest BCUT2D eigenvalue weighted by atomic mass is 10.0. The highest BCUT2D eigenvalue weighted by atomic mass is 32.2. The highest BCUT2D eigenvalue weighted by Gasteiger charge is 2.19. The minimum atomic E-state index is -3.79. The number of hydrogen-bond donors (Lipinski definition) is 0. The van der Waals surface area contributed by atoms with Crippen molar-refractivity contribution in [3.8, 4) is 22.5 Å². The third-order valence-corrected chi connectivity index (χ3v) is 5.82. The van der Waals surface area contributed by atoms with Crippen LogP contribution in [0.4, 0.5) is 0 Å². The van der Waals surface area contributed by atoms with Crippen molar-refractivity contribution in [3.63, 3.8) is 0 Å². The molecular weight excluding hydrogens is 358 g/mol. The monoisotopic (exact) mass is 375 g/mol. The Kier molecular flexibility index (Phi) is 4.33. The summed E-state index contributed by atoms with van der Waals surface area (Å²) in [6.07, 6.45) is 1.23. The quantitative estimate of drug-likeness (QED) is 0.537. The van der Waals surface area contributed by atoms with Crippen LogP contribution in [0.3, 0.4) is 0 Å². The van der Waals surface area contributed by atoms with Gasteiger partial charge in [0.1, 0.15) is 6.33 Å². The predicted molar refractivity (Wildman–Crippen MR) is 105 cm³/mol. The van der Waals surface area contributed by atoms with Gasteiger partial charge in [-0.1, -0.05) is 72.3 Å². The Labute approximate surface area is 158 Å². The van der Waals surface area contributed by atoms with Crippen molar-refractivity contribution in [1.82, 2.24) is 14.2 Å². The molecule has 0 radical (unpaired) electrons. The van der Waals surface area contributed by atoms with Gasteiger partial charge in [0.2, 0.25) is 0 Å². The number of rotatable bonds is 4. The van der Waals surface area contributed by atoms with Gasteiger partial charge >= 0.3 is 0 Å². The molecule has 4 rings (SSSR count). The molecule has 0 spiro atoms. The van der Waals surface area contributed by atoms with Crippen LogP contribution in [0.15, 0.2) is 90.1 Å². The lowest BCUT2D eigenvalue weighted by molar-refractivity contribution is 0.580. The number of aromatic nitrogens is 3. The summed E-state index contributed by atoms with van der Waals surface area (Å²) in [7, 11) is -3.79. The first kappa shape index (κ1) is 17.2. The van der Waals surface area contributed by atoms with Crippen LogP contribution in [0.2, 0.25) is 0 Å². The topological polar surface area (TPSA) is 64.8 Å². The molecule has 0 fully saturated rings. The molecule has 0 bridgehead atoms. The minimum Gasteiger partial charge on any atom is -0.214 e. The van der Waals surface area contributed by atoms with Gasteiger partial charge in [-0.3, -0.25) is 0 Å². The first-order chi connectivity index (χ1) is 13.0. The summed E-state index contributed by atoms with van der Waals surface area (Å²) in [6, 6.07) is 24.1. The molecule has 0 N–H and O–H groups in total. The third-order valence-electron chi connectivity index (χ3n) is 4.29. The van der Waals surface area contributed by atoms with E-state index in [0.717, 1.165) is 20.8 Å².